The number of nitrogens with two attached hydrogens (primary N) is 4. The molecular formula is C34H43N7. The smallest absolute Gasteiger partial charge is 0.0491 e. The van der Waals surface area contributed by atoms with Crippen molar-refractivity contribution >= 4 is 33.2 Å². The van der Waals surface area contributed by atoms with Gasteiger partial charge in [-0.1, -0.05) is 36.4 Å². The normalized spacial score (nSPS) is 11.4. The summed E-state index contributed by atoms with van der Waals surface area (Å²) in [4.78, 5) is 4.52. The molecule has 0 saturated heterocycles. The molecule has 0 atom stereocenters. The van der Waals surface area contributed by atoms with E-state index in [1.54, 1.807) is 0 Å². The highest BCUT2D eigenvalue weighted by Crippen LogP contribution is 2.36. The predicted molar refractivity (Wildman–Crippen MR) is 177 cm³/mol. The number of aromatic nitrogens is 1. The van der Waals surface area contributed by atoms with Crippen molar-refractivity contribution in [1.29, 1.82) is 0 Å². The lowest BCUT2D eigenvalue weighted by Crippen LogP contribution is -2.33. The molecule has 1 heterocycles. The van der Waals surface area contributed by atoms with E-state index in [0.29, 0.717) is 26.2 Å². The van der Waals surface area contributed by atoms with E-state index < -0.39 is 0 Å². The van der Waals surface area contributed by atoms with Crippen molar-refractivity contribution in [3.63, 3.8) is 0 Å². The van der Waals surface area contributed by atoms with E-state index in [2.05, 4.69) is 106 Å². The highest BCUT2D eigenvalue weighted by atomic mass is 15.1. The largest absolute Gasteiger partial charge is 0.369 e. The van der Waals surface area contributed by atoms with Gasteiger partial charge in [-0.15, -0.1) is 0 Å². The van der Waals surface area contributed by atoms with Crippen LogP contribution in [0.25, 0.3) is 44.1 Å². The van der Waals surface area contributed by atoms with Crippen LogP contribution in [0.4, 0.5) is 11.4 Å². The van der Waals surface area contributed by atoms with Gasteiger partial charge >= 0.3 is 0 Å². The van der Waals surface area contributed by atoms with E-state index in [1.807, 2.05) is 0 Å². The fourth-order valence-electron chi connectivity index (χ4n) is 5.93. The fourth-order valence-corrected chi connectivity index (χ4v) is 5.93. The van der Waals surface area contributed by atoms with Crippen LogP contribution in [0.15, 0.2) is 84.9 Å². The standard InChI is InChI=1S/C34H43N7/c1-2-41-33-11-9-27(25-5-3-7-29(21-25)39(17-13-35)18-14-36)23-31(33)32-24-28(10-12-34(32)41)26-6-4-8-30(22-26)40(19-15-37)20-16-38/h3-12,21-24H,2,13-20,35-38H2,1H3. The Morgan fingerprint density at radius 2 is 0.902 bits per heavy atom. The lowest BCUT2D eigenvalue weighted by atomic mass is 9.99. The predicted octanol–water partition coefficient (Wildman–Crippen LogP) is 4.60. The summed E-state index contributed by atoms with van der Waals surface area (Å²) >= 11 is 0. The van der Waals surface area contributed by atoms with Gasteiger partial charge < -0.3 is 37.3 Å². The van der Waals surface area contributed by atoms with Crippen LogP contribution in [0, 0.1) is 0 Å². The van der Waals surface area contributed by atoms with Crippen LogP contribution >= 0.6 is 0 Å². The first-order chi connectivity index (χ1) is 20.1. The SMILES string of the molecule is CCn1c2ccc(-c3cccc(N(CCN)CCN)c3)cc2c2cc(-c3cccc(N(CCN)CCN)c3)ccc21. The molecule has 0 spiro atoms. The molecule has 0 aliphatic heterocycles. The van der Waals surface area contributed by atoms with Gasteiger partial charge in [0.05, 0.1) is 0 Å². The zero-order chi connectivity index (χ0) is 28.8. The average Bonchev–Trinajstić information content (AvgIpc) is 3.33. The molecule has 7 heteroatoms. The van der Waals surface area contributed by atoms with E-state index in [4.69, 9.17) is 22.9 Å². The molecule has 5 rings (SSSR count). The first-order valence-corrected chi connectivity index (χ1v) is 14.7. The minimum absolute atomic E-state index is 0.593. The molecule has 41 heavy (non-hydrogen) atoms. The van der Waals surface area contributed by atoms with Crippen molar-refractivity contribution in [1.82, 2.24) is 4.57 Å². The minimum atomic E-state index is 0.593. The summed E-state index contributed by atoms with van der Waals surface area (Å²) in [5.74, 6) is 0. The zero-order valence-corrected chi connectivity index (χ0v) is 24.1. The van der Waals surface area contributed by atoms with Gasteiger partial charge in [-0.3, -0.25) is 0 Å². The molecule has 0 unspecified atom stereocenters. The molecule has 214 valence electrons. The molecule has 8 N–H and O–H groups in total. The summed E-state index contributed by atoms with van der Waals surface area (Å²) in [6.45, 7) is 8.62. The first-order valence-electron chi connectivity index (χ1n) is 14.7. The number of aryl methyl sites for hydroxylation is 1. The summed E-state index contributed by atoms with van der Waals surface area (Å²) in [5.41, 5.74) is 33.1. The van der Waals surface area contributed by atoms with Crippen molar-refractivity contribution < 1.29 is 0 Å². The quantitative estimate of drug-likeness (QED) is 0.171. The molecule has 0 aliphatic rings. The number of anilines is 2. The van der Waals surface area contributed by atoms with Gasteiger partial charge in [-0.2, -0.15) is 0 Å². The Hall–Kier alpha value is -3.88. The number of nitrogens with zero attached hydrogens (tertiary/aromatic N) is 3. The molecular weight excluding hydrogens is 506 g/mol. The summed E-state index contributed by atoms with van der Waals surface area (Å²) in [6.07, 6.45) is 0. The molecule has 5 aromatic rings. The van der Waals surface area contributed by atoms with Crippen LogP contribution in [-0.4, -0.2) is 56.9 Å². The van der Waals surface area contributed by atoms with Crippen molar-refractivity contribution in [2.24, 2.45) is 22.9 Å². The van der Waals surface area contributed by atoms with Crippen molar-refractivity contribution in [3.8, 4) is 22.3 Å². The van der Waals surface area contributed by atoms with Crippen LogP contribution in [0.5, 0.6) is 0 Å². The number of rotatable bonds is 13. The van der Waals surface area contributed by atoms with Gasteiger partial charge in [0.15, 0.2) is 0 Å². The van der Waals surface area contributed by atoms with Gasteiger partial charge in [0.25, 0.3) is 0 Å². The second-order valence-corrected chi connectivity index (χ2v) is 10.4. The van der Waals surface area contributed by atoms with Crippen molar-refractivity contribution in [2.75, 3.05) is 62.2 Å². The van der Waals surface area contributed by atoms with E-state index in [0.717, 1.165) is 44.1 Å². The third-order valence-corrected chi connectivity index (χ3v) is 7.87. The highest BCUT2D eigenvalue weighted by molar-refractivity contribution is 6.10. The van der Waals surface area contributed by atoms with E-state index in [9.17, 15) is 0 Å². The number of hydrogen-bond donors (Lipinski definition) is 4. The van der Waals surface area contributed by atoms with Gasteiger partial charge in [0, 0.05) is 92.1 Å². The maximum Gasteiger partial charge on any atom is 0.0491 e. The van der Waals surface area contributed by atoms with Crippen LogP contribution < -0.4 is 32.7 Å². The number of benzene rings is 4. The third-order valence-electron chi connectivity index (χ3n) is 7.87. The summed E-state index contributed by atoms with van der Waals surface area (Å²) < 4.78 is 2.40. The number of fused-ring (bicyclic) bond motifs is 3. The molecule has 7 nitrogen and oxygen atoms in total. The highest BCUT2D eigenvalue weighted by Gasteiger charge is 2.14. The maximum absolute atomic E-state index is 5.88. The van der Waals surface area contributed by atoms with Gasteiger partial charge in [-0.05, 0) is 77.7 Å². The van der Waals surface area contributed by atoms with E-state index in [1.165, 1.54) is 44.1 Å². The second kappa shape index (κ2) is 13.2. The molecule has 4 aromatic carbocycles. The van der Waals surface area contributed by atoms with Crippen LogP contribution in [0.2, 0.25) is 0 Å². The zero-order valence-electron chi connectivity index (χ0n) is 24.1. The number of hydrogen-bond acceptors (Lipinski definition) is 6. The summed E-state index contributed by atoms with van der Waals surface area (Å²) in [5, 5.41) is 2.52. The van der Waals surface area contributed by atoms with Gasteiger partial charge in [0.1, 0.15) is 0 Å². The van der Waals surface area contributed by atoms with Crippen LogP contribution in [0.3, 0.4) is 0 Å². The maximum atomic E-state index is 5.88. The first kappa shape index (κ1) is 28.6. The van der Waals surface area contributed by atoms with Gasteiger partial charge in [-0.25, -0.2) is 0 Å². The Labute approximate surface area is 243 Å². The Bertz CT molecular complexity index is 1480. The topological polar surface area (TPSA) is 115 Å². The fraction of sp³-hybridized carbons (Fsp3) is 0.294. The molecule has 0 fully saturated rings. The summed E-state index contributed by atoms with van der Waals surface area (Å²) in [6, 6.07) is 31.0. The van der Waals surface area contributed by atoms with E-state index in [-0.39, 0.29) is 0 Å². The van der Waals surface area contributed by atoms with E-state index >= 15 is 0 Å². The third kappa shape index (κ3) is 5.94. The lowest BCUT2D eigenvalue weighted by molar-refractivity contribution is 0.782. The Morgan fingerprint density at radius 3 is 1.27 bits per heavy atom. The Morgan fingerprint density at radius 1 is 0.512 bits per heavy atom. The molecule has 0 saturated carbocycles. The molecule has 0 bridgehead atoms. The van der Waals surface area contributed by atoms with Gasteiger partial charge in [0.2, 0.25) is 0 Å². The molecule has 0 aliphatic carbocycles. The Kier molecular flexibility index (Phi) is 9.21. The molecule has 1 aromatic heterocycles. The second-order valence-electron chi connectivity index (χ2n) is 10.4. The monoisotopic (exact) mass is 549 g/mol. The van der Waals surface area contributed by atoms with Crippen LogP contribution in [0.1, 0.15) is 6.92 Å². The summed E-state index contributed by atoms with van der Waals surface area (Å²) in [7, 11) is 0. The van der Waals surface area contributed by atoms with Crippen molar-refractivity contribution in [2.45, 2.75) is 13.5 Å². The molecule has 0 amide bonds. The molecule has 0 radical (unpaired) electrons. The Balaban J connectivity index is 1.59. The average molecular weight is 550 g/mol. The lowest BCUT2D eigenvalue weighted by Gasteiger charge is -2.24. The minimum Gasteiger partial charge on any atom is -0.369 e. The van der Waals surface area contributed by atoms with Crippen LogP contribution in [-0.2, 0) is 6.54 Å². The van der Waals surface area contributed by atoms with Crippen molar-refractivity contribution in [3.05, 3.63) is 84.9 Å².